The van der Waals surface area contributed by atoms with Crippen molar-refractivity contribution in [2.75, 3.05) is 13.2 Å². The maximum Gasteiger partial charge on any atom is 0.270 e. The lowest BCUT2D eigenvalue weighted by Gasteiger charge is -2.29. The summed E-state index contributed by atoms with van der Waals surface area (Å²) in [7, 11) is 0. The molecule has 6 heteroatoms. The Morgan fingerprint density at radius 3 is 3.00 bits per heavy atom. The van der Waals surface area contributed by atoms with Gasteiger partial charge in [0.1, 0.15) is 5.69 Å². The highest BCUT2D eigenvalue weighted by molar-refractivity contribution is 6.28. The summed E-state index contributed by atoms with van der Waals surface area (Å²) >= 11 is 5.74. The lowest BCUT2D eigenvalue weighted by Crippen LogP contribution is -2.44. The molecule has 1 aliphatic rings. The van der Waals surface area contributed by atoms with Crippen molar-refractivity contribution in [1.82, 2.24) is 15.3 Å². The Kier molecular flexibility index (Phi) is 4.14. The van der Waals surface area contributed by atoms with E-state index in [1.807, 2.05) is 0 Å². The summed E-state index contributed by atoms with van der Waals surface area (Å²) in [6.07, 6.45) is 0.824. The van der Waals surface area contributed by atoms with Gasteiger partial charge in [-0.1, -0.05) is 6.92 Å². The Bertz CT molecular complexity index is 433. The van der Waals surface area contributed by atoms with E-state index in [0.717, 1.165) is 6.42 Å². The molecule has 0 bridgehead atoms. The number of rotatable bonds is 2. The van der Waals surface area contributed by atoms with Gasteiger partial charge in [0.05, 0.1) is 6.61 Å². The van der Waals surface area contributed by atoms with E-state index >= 15 is 0 Å². The molecule has 0 spiro atoms. The van der Waals surface area contributed by atoms with Gasteiger partial charge in [-0.2, -0.15) is 0 Å². The lowest BCUT2D eigenvalue weighted by atomic mass is 9.98. The molecule has 1 fully saturated rings. The maximum atomic E-state index is 12.1. The average Bonchev–Trinajstić information content (AvgIpc) is 2.31. The van der Waals surface area contributed by atoms with Crippen LogP contribution >= 0.6 is 11.6 Å². The van der Waals surface area contributed by atoms with Crippen molar-refractivity contribution in [1.29, 1.82) is 0 Å². The summed E-state index contributed by atoms with van der Waals surface area (Å²) in [5.41, 5.74) is 0.992. The van der Waals surface area contributed by atoms with Gasteiger partial charge < -0.3 is 10.1 Å². The van der Waals surface area contributed by atoms with E-state index in [9.17, 15) is 4.79 Å². The van der Waals surface area contributed by atoms with Gasteiger partial charge in [0.25, 0.3) is 5.91 Å². The van der Waals surface area contributed by atoms with E-state index < -0.39 is 0 Å². The highest BCUT2D eigenvalue weighted by Crippen LogP contribution is 2.14. The number of carbonyl (C=O) groups is 1. The molecule has 1 N–H and O–H groups in total. The number of aryl methyl sites for hydroxylation is 1. The lowest BCUT2D eigenvalue weighted by molar-refractivity contribution is 0.0374. The van der Waals surface area contributed by atoms with E-state index in [1.165, 1.54) is 0 Å². The fraction of sp³-hybridized carbons (Fsp3) is 0.583. The molecule has 1 aromatic rings. The normalized spacial score (nSPS) is 23.7. The second kappa shape index (κ2) is 5.63. The van der Waals surface area contributed by atoms with E-state index in [2.05, 4.69) is 22.2 Å². The van der Waals surface area contributed by atoms with Gasteiger partial charge in [-0.25, -0.2) is 9.97 Å². The zero-order chi connectivity index (χ0) is 13.1. The molecule has 2 rings (SSSR count). The third kappa shape index (κ3) is 3.17. The summed E-state index contributed by atoms with van der Waals surface area (Å²) < 4.78 is 5.34. The fourth-order valence-corrected chi connectivity index (χ4v) is 2.21. The molecule has 0 aromatic carbocycles. The average molecular weight is 270 g/mol. The van der Waals surface area contributed by atoms with Crippen LogP contribution in [0.15, 0.2) is 6.07 Å². The molecule has 2 heterocycles. The molecule has 1 saturated heterocycles. The molecule has 0 aliphatic carbocycles. The first-order valence-electron chi connectivity index (χ1n) is 5.96. The van der Waals surface area contributed by atoms with Crippen LogP contribution in [0.3, 0.4) is 0 Å². The summed E-state index contributed by atoms with van der Waals surface area (Å²) in [5.74, 6) is 0.0993. The third-order valence-corrected chi connectivity index (χ3v) is 3.19. The molecule has 0 radical (unpaired) electrons. The quantitative estimate of drug-likeness (QED) is 0.828. The number of ether oxygens (including phenoxy) is 1. The molecule has 98 valence electrons. The van der Waals surface area contributed by atoms with Crippen molar-refractivity contribution in [3.8, 4) is 0 Å². The first kappa shape index (κ1) is 13.2. The van der Waals surface area contributed by atoms with Crippen LogP contribution in [0.5, 0.6) is 0 Å². The first-order chi connectivity index (χ1) is 8.56. The van der Waals surface area contributed by atoms with Gasteiger partial charge in [0, 0.05) is 18.3 Å². The third-order valence-electron chi connectivity index (χ3n) is 3.02. The van der Waals surface area contributed by atoms with Crippen molar-refractivity contribution >= 4 is 17.5 Å². The number of hydrogen-bond acceptors (Lipinski definition) is 4. The Labute approximate surface area is 111 Å². The van der Waals surface area contributed by atoms with Crippen LogP contribution in [-0.2, 0) is 4.74 Å². The Balaban J connectivity index is 2.06. The van der Waals surface area contributed by atoms with E-state index in [0.29, 0.717) is 30.5 Å². The van der Waals surface area contributed by atoms with Crippen LogP contribution in [0.25, 0.3) is 0 Å². The second-order valence-electron chi connectivity index (χ2n) is 4.58. The van der Waals surface area contributed by atoms with E-state index in [-0.39, 0.29) is 17.2 Å². The van der Waals surface area contributed by atoms with E-state index in [1.54, 1.807) is 13.0 Å². The number of nitrogens with one attached hydrogen (secondary N) is 1. The molecule has 2 unspecified atom stereocenters. The largest absolute Gasteiger partial charge is 0.381 e. The zero-order valence-electron chi connectivity index (χ0n) is 10.4. The predicted octanol–water partition coefficient (Wildman–Crippen LogP) is 1.59. The molecule has 1 aromatic heterocycles. The Morgan fingerprint density at radius 1 is 1.56 bits per heavy atom. The fourth-order valence-electron chi connectivity index (χ4n) is 1.99. The monoisotopic (exact) mass is 269 g/mol. The number of nitrogens with zero attached hydrogens (tertiary/aromatic N) is 2. The summed E-state index contributed by atoms with van der Waals surface area (Å²) in [6.45, 7) is 5.19. The standard InChI is InChI=1S/C12H16ClN3O2/c1-7-6-18-4-3-9(7)15-11(17)10-5-8(2)14-12(13)16-10/h5,7,9H,3-4,6H2,1-2H3,(H,15,17). The molecule has 18 heavy (non-hydrogen) atoms. The highest BCUT2D eigenvalue weighted by atomic mass is 35.5. The molecule has 1 aliphatic heterocycles. The number of halogens is 1. The van der Waals surface area contributed by atoms with Gasteiger partial charge in [-0.3, -0.25) is 4.79 Å². The van der Waals surface area contributed by atoms with Crippen molar-refractivity contribution < 1.29 is 9.53 Å². The van der Waals surface area contributed by atoms with Crippen LogP contribution in [0.4, 0.5) is 0 Å². The van der Waals surface area contributed by atoms with Crippen molar-refractivity contribution in [2.45, 2.75) is 26.3 Å². The van der Waals surface area contributed by atoms with Gasteiger partial charge in [-0.05, 0) is 36.9 Å². The smallest absolute Gasteiger partial charge is 0.270 e. The SMILES string of the molecule is Cc1cc(C(=O)NC2CCOCC2C)nc(Cl)n1. The van der Waals surface area contributed by atoms with Crippen LogP contribution in [0.2, 0.25) is 5.28 Å². The molecular weight excluding hydrogens is 254 g/mol. The maximum absolute atomic E-state index is 12.1. The van der Waals surface area contributed by atoms with Gasteiger partial charge in [0.15, 0.2) is 0 Å². The van der Waals surface area contributed by atoms with Gasteiger partial charge in [0.2, 0.25) is 5.28 Å². The second-order valence-corrected chi connectivity index (χ2v) is 4.92. The minimum atomic E-state index is -0.207. The van der Waals surface area contributed by atoms with Crippen LogP contribution in [0.1, 0.15) is 29.5 Å². The van der Waals surface area contributed by atoms with Gasteiger partial charge >= 0.3 is 0 Å². The number of amides is 1. The highest BCUT2D eigenvalue weighted by Gasteiger charge is 2.24. The molecule has 1 amide bonds. The molecule has 0 saturated carbocycles. The summed E-state index contributed by atoms with van der Waals surface area (Å²) in [4.78, 5) is 19.9. The summed E-state index contributed by atoms with van der Waals surface area (Å²) in [5, 5.41) is 3.07. The van der Waals surface area contributed by atoms with Crippen molar-refractivity contribution in [3.05, 3.63) is 22.7 Å². The van der Waals surface area contributed by atoms with Crippen LogP contribution < -0.4 is 5.32 Å². The molecular formula is C12H16ClN3O2. The summed E-state index contributed by atoms with van der Waals surface area (Å²) in [6, 6.07) is 1.76. The van der Waals surface area contributed by atoms with Gasteiger partial charge in [-0.15, -0.1) is 0 Å². The Hall–Kier alpha value is -1.20. The Morgan fingerprint density at radius 2 is 2.33 bits per heavy atom. The van der Waals surface area contributed by atoms with Crippen molar-refractivity contribution in [3.63, 3.8) is 0 Å². The number of hydrogen-bond donors (Lipinski definition) is 1. The minimum Gasteiger partial charge on any atom is -0.381 e. The zero-order valence-corrected chi connectivity index (χ0v) is 11.2. The van der Waals surface area contributed by atoms with Crippen LogP contribution in [-0.4, -0.2) is 35.1 Å². The topological polar surface area (TPSA) is 64.1 Å². The van der Waals surface area contributed by atoms with E-state index in [4.69, 9.17) is 16.3 Å². The minimum absolute atomic E-state index is 0.0974. The molecule has 5 nitrogen and oxygen atoms in total. The van der Waals surface area contributed by atoms with Crippen molar-refractivity contribution in [2.24, 2.45) is 5.92 Å². The number of carbonyl (C=O) groups excluding carboxylic acids is 1. The predicted molar refractivity (Wildman–Crippen MR) is 67.6 cm³/mol. The number of aromatic nitrogens is 2. The molecule has 2 atom stereocenters. The first-order valence-corrected chi connectivity index (χ1v) is 6.34. The van der Waals surface area contributed by atoms with Crippen LogP contribution in [0, 0.1) is 12.8 Å².